The third-order valence-electron chi connectivity index (χ3n) is 4.52. The highest BCUT2D eigenvalue weighted by Gasteiger charge is 2.19. The third-order valence-corrected chi connectivity index (χ3v) is 4.52. The fraction of sp³-hybridized carbons (Fsp3) is 0.263. The molecule has 1 aliphatic rings. The van der Waals surface area contributed by atoms with Gasteiger partial charge in [-0.05, 0) is 36.8 Å². The lowest BCUT2D eigenvalue weighted by Gasteiger charge is -2.37. The van der Waals surface area contributed by atoms with Crippen LogP contribution in [0.1, 0.15) is 5.56 Å². The molecule has 4 nitrogen and oxygen atoms in total. The Labute approximate surface area is 136 Å². The van der Waals surface area contributed by atoms with Gasteiger partial charge in [0, 0.05) is 49.6 Å². The van der Waals surface area contributed by atoms with Gasteiger partial charge in [-0.2, -0.15) is 0 Å². The van der Waals surface area contributed by atoms with E-state index in [0.29, 0.717) is 0 Å². The van der Waals surface area contributed by atoms with Gasteiger partial charge in [0.1, 0.15) is 5.82 Å². The summed E-state index contributed by atoms with van der Waals surface area (Å²) >= 11 is 0. The number of para-hydroxylation sites is 1. The summed E-state index contributed by atoms with van der Waals surface area (Å²) in [5.74, 6) is 1.08. The van der Waals surface area contributed by atoms with Crippen molar-refractivity contribution in [1.29, 1.82) is 0 Å². The molecule has 4 rings (SSSR count). The van der Waals surface area contributed by atoms with Crippen molar-refractivity contribution in [2.75, 3.05) is 36.0 Å². The van der Waals surface area contributed by atoms with Crippen molar-refractivity contribution >= 4 is 22.4 Å². The molecule has 0 bridgehead atoms. The number of fused-ring (bicyclic) bond motifs is 1. The number of nitrogens with zero attached hydrogens (tertiary/aromatic N) is 4. The summed E-state index contributed by atoms with van der Waals surface area (Å²) in [5, 5.41) is 1.20. The molecule has 0 saturated carbocycles. The number of anilines is 2. The van der Waals surface area contributed by atoms with Crippen LogP contribution in [0.25, 0.3) is 10.9 Å². The molecule has 0 aliphatic carbocycles. The molecular weight excluding hydrogens is 284 g/mol. The van der Waals surface area contributed by atoms with Crippen molar-refractivity contribution in [2.24, 2.45) is 0 Å². The number of hydrogen-bond acceptors (Lipinski definition) is 4. The van der Waals surface area contributed by atoms with Gasteiger partial charge in [-0.15, -0.1) is 0 Å². The zero-order chi connectivity index (χ0) is 15.6. The number of aromatic nitrogens is 2. The molecule has 0 amide bonds. The van der Waals surface area contributed by atoms with E-state index >= 15 is 0 Å². The summed E-state index contributed by atoms with van der Waals surface area (Å²) in [5.41, 5.74) is 3.60. The SMILES string of the molecule is Cc1cnccc1N1CCN(c2ccc3ccccc3n2)CC1. The fourth-order valence-electron chi connectivity index (χ4n) is 3.23. The van der Waals surface area contributed by atoms with Crippen molar-refractivity contribution in [2.45, 2.75) is 6.92 Å². The molecule has 23 heavy (non-hydrogen) atoms. The lowest BCUT2D eigenvalue weighted by Crippen LogP contribution is -2.47. The van der Waals surface area contributed by atoms with Gasteiger partial charge in [0.15, 0.2) is 0 Å². The molecular formula is C19H20N4. The van der Waals surface area contributed by atoms with Gasteiger partial charge < -0.3 is 9.80 Å². The van der Waals surface area contributed by atoms with E-state index in [-0.39, 0.29) is 0 Å². The molecule has 2 aromatic heterocycles. The molecule has 1 saturated heterocycles. The highest BCUT2D eigenvalue weighted by atomic mass is 15.3. The van der Waals surface area contributed by atoms with Crippen LogP contribution in [0, 0.1) is 6.92 Å². The second-order valence-electron chi connectivity index (χ2n) is 6.00. The van der Waals surface area contributed by atoms with E-state index in [1.165, 1.54) is 16.6 Å². The summed E-state index contributed by atoms with van der Waals surface area (Å²) in [4.78, 5) is 13.8. The minimum absolute atomic E-state index is 0.993. The van der Waals surface area contributed by atoms with E-state index < -0.39 is 0 Å². The third kappa shape index (κ3) is 2.72. The van der Waals surface area contributed by atoms with Crippen LogP contribution in [0.5, 0.6) is 0 Å². The van der Waals surface area contributed by atoms with Crippen LogP contribution in [-0.2, 0) is 0 Å². The Balaban J connectivity index is 1.51. The Morgan fingerprint density at radius 1 is 0.870 bits per heavy atom. The summed E-state index contributed by atoms with van der Waals surface area (Å²) in [6.45, 7) is 6.14. The molecule has 0 radical (unpaired) electrons. The average Bonchev–Trinajstić information content (AvgIpc) is 2.62. The van der Waals surface area contributed by atoms with E-state index in [1.54, 1.807) is 0 Å². The lowest BCUT2D eigenvalue weighted by atomic mass is 10.2. The van der Waals surface area contributed by atoms with Crippen molar-refractivity contribution in [3.8, 4) is 0 Å². The Morgan fingerprint density at radius 2 is 1.65 bits per heavy atom. The molecule has 0 spiro atoms. The maximum absolute atomic E-state index is 4.81. The second kappa shape index (κ2) is 5.88. The number of benzene rings is 1. The van der Waals surface area contributed by atoms with Crippen LogP contribution in [-0.4, -0.2) is 36.1 Å². The van der Waals surface area contributed by atoms with Crippen molar-refractivity contribution in [3.05, 3.63) is 60.4 Å². The van der Waals surface area contributed by atoms with Gasteiger partial charge >= 0.3 is 0 Å². The zero-order valence-corrected chi connectivity index (χ0v) is 13.3. The zero-order valence-electron chi connectivity index (χ0n) is 13.3. The van der Waals surface area contributed by atoms with E-state index in [0.717, 1.165) is 37.5 Å². The molecule has 0 unspecified atom stereocenters. The summed E-state index contributed by atoms with van der Waals surface area (Å²) in [6, 6.07) is 14.7. The highest BCUT2D eigenvalue weighted by Crippen LogP contribution is 2.23. The Bertz CT molecular complexity index is 822. The van der Waals surface area contributed by atoms with Crippen LogP contribution in [0.3, 0.4) is 0 Å². The molecule has 1 aromatic carbocycles. The largest absolute Gasteiger partial charge is 0.368 e. The Kier molecular flexibility index (Phi) is 3.58. The predicted octanol–water partition coefficient (Wildman–Crippen LogP) is 3.26. The van der Waals surface area contributed by atoms with Gasteiger partial charge in [-0.25, -0.2) is 4.98 Å². The Morgan fingerprint density at radius 3 is 2.48 bits per heavy atom. The fourth-order valence-corrected chi connectivity index (χ4v) is 3.23. The van der Waals surface area contributed by atoms with Crippen LogP contribution < -0.4 is 9.80 Å². The number of aryl methyl sites for hydroxylation is 1. The quantitative estimate of drug-likeness (QED) is 0.727. The Hall–Kier alpha value is -2.62. The molecule has 3 aromatic rings. The molecule has 3 heterocycles. The highest BCUT2D eigenvalue weighted by molar-refractivity contribution is 5.80. The molecule has 1 fully saturated rings. The van der Waals surface area contributed by atoms with Crippen LogP contribution in [0.15, 0.2) is 54.9 Å². The smallest absolute Gasteiger partial charge is 0.129 e. The van der Waals surface area contributed by atoms with Gasteiger partial charge in [-0.3, -0.25) is 4.98 Å². The van der Waals surface area contributed by atoms with Crippen LogP contribution >= 0.6 is 0 Å². The van der Waals surface area contributed by atoms with Crippen molar-refractivity contribution in [3.63, 3.8) is 0 Å². The van der Waals surface area contributed by atoms with Crippen LogP contribution in [0.4, 0.5) is 11.5 Å². The molecule has 4 heteroatoms. The number of piperazine rings is 1. The topological polar surface area (TPSA) is 32.3 Å². The number of hydrogen-bond donors (Lipinski definition) is 0. The van der Waals surface area contributed by atoms with E-state index in [4.69, 9.17) is 4.98 Å². The molecule has 0 N–H and O–H groups in total. The standard InChI is InChI=1S/C19H20N4/c1-15-14-20-9-8-18(15)22-10-12-23(13-11-22)19-7-6-16-4-2-3-5-17(16)21-19/h2-9,14H,10-13H2,1H3. The molecule has 1 aliphatic heterocycles. The summed E-state index contributed by atoms with van der Waals surface area (Å²) < 4.78 is 0. The van der Waals surface area contributed by atoms with Gasteiger partial charge in [0.2, 0.25) is 0 Å². The molecule has 0 atom stereocenters. The number of pyridine rings is 2. The van der Waals surface area contributed by atoms with Gasteiger partial charge in [0.25, 0.3) is 0 Å². The normalized spacial score (nSPS) is 15.2. The van der Waals surface area contributed by atoms with E-state index in [1.807, 2.05) is 18.5 Å². The maximum atomic E-state index is 4.81. The monoisotopic (exact) mass is 304 g/mol. The second-order valence-corrected chi connectivity index (χ2v) is 6.00. The maximum Gasteiger partial charge on any atom is 0.129 e. The van der Waals surface area contributed by atoms with Crippen LogP contribution in [0.2, 0.25) is 0 Å². The van der Waals surface area contributed by atoms with Crippen molar-refractivity contribution in [1.82, 2.24) is 9.97 Å². The number of rotatable bonds is 2. The van der Waals surface area contributed by atoms with E-state index in [9.17, 15) is 0 Å². The van der Waals surface area contributed by atoms with E-state index in [2.05, 4.69) is 58.1 Å². The minimum Gasteiger partial charge on any atom is -0.368 e. The summed E-state index contributed by atoms with van der Waals surface area (Å²) in [7, 11) is 0. The predicted molar refractivity (Wildman–Crippen MR) is 95.1 cm³/mol. The minimum atomic E-state index is 0.993. The first-order valence-corrected chi connectivity index (χ1v) is 8.07. The van der Waals surface area contributed by atoms with Gasteiger partial charge in [0.05, 0.1) is 5.52 Å². The first-order chi connectivity index (χ1) is 11.3. The average molecular weight is 304 g/mol. The first-order valence-electron chi connectivity index (χ1n) is 8.07. The van der Waals surface area contributed by atoms with Crippen molar-refractivity contribution < 1.29 is 0 Å². The van der Waals surface area contributed by atoms with Gasteiger partial charge in [-0.1, -0.05) is 18.2 Å². The first kappa shape index (κ1) is 14.0. The lowest BCUT2D eigenvalue weighted by molar-refractivity contribution is 0.647. The summed E-state index contributed by atoms with van der Waals surface area (Å²) in [6.07, 6.45) is 3.81. The molecule has 116 valence electrons.